The molecule has 0 aromatic rings. The predicted octanol–water partition coefficient (Wildman–Crippen LogP) is 2.46. The molecule has 0 bridgehead atoms. The fourth-order valence-electron chi connectivity index (χ4n) is 0.275. The molecule has 0 spiro atoms. The van der Waals surface area contributed by atoms with Gasteiger partial charge in [0.05, 0.1) is 0 Å². The molecule has 0 aliphatic heterocycles. The van der Waals surface area contributed by atoms with Gasteiger partial charge in [-0.2, -0.15) is 0 Å². The lowest BCUT2D eigenvalue weighted by Crippen LogP contribution is -1.40. The summed E-state index contributed by atoms with van der Waals surface area (Å²) < 4.78 is 0. The second-order valence-electron chi connectivity index (χ2n) is 1.26. The van der Waals surface area contributed by atoms with E-state index in [-0.39, 0.29) is 0 Å². The van der Waals surface area contributed by atoms with Crippen LogP contribution in [0.5, 0.6) is 0 Å². The van der Waals surface area contributed by atoms with Crippen molar-refractivity contribution in [2.45, 2.75) is 6.92 Å². The molecule has 0 unspecified atom stereocenters. The Kier molecular flexibility index (Phi) is 5.25. The van der Waals surface area contributed by atoms with E-state index in [4.69, 9.17) is 0 Å². The molecule has 0 atom stereocenters. The maximum atomic E-state index is 3.50. The first kappa shape index (κ1) is 7.00. The first-order valence-corrected chi connectivity index (χ1v) is 2.56. The van der Waals surface area contributed by atoms with Gasteiger partial charge < -0.3 is 0 Å². The van der Waals surface area contributed by atoms with E-state index in [1.54, 1.807) is 12.2 Å². The summed E-state index contributed by atoms with van der Waals surface area (Å²) >= 11 is 0. The summed E-state index contributed by atoms with van der Waals surface area (Å²) in [4.78, 5) is 0. The first-order valence-electron chi connectivity index (χ1n) is 2.56. The zero-order valence-corrected chi connectivity index (χ0v) is 5.09. The largest absolute Gasteiger partial charge is 0.121 e. The SMILES string of the molecule is C=CC=C=C/C=C\C. The summed E-state index contributed by atoms with van der Waals surface area (Å²) in [6.07, 6.45) is 9.16. The Labute approximate surface area is 50.5 Å². The average molecular weight is 106 g/mol. The molecule has 0 N–H and O–H groups in total. The van der Waals surface area contributed by atoms with Crippen molar-refractivity contribution < 1.29 is 0 Å². The molecular formula is C8H10. The lowest BCUT2D eigenvalue weighted by Gasteiger charge is -1.61. The van der Waals surface area contributed by atoms with Crippen LogP contribution in [0.15, 0.2) is 42.7 Å². The zero-order valence-electron chi connectivity index (χ0n) is 5.09. The smallest absolute Gasteiger partial charge is 0.0203 e. The van der Waals surface area contributed by atoms with Crippen LogP contribution in [0.1, 0.15) is 6.92 Å². The highest BCUT2D eigenvalue weighted by Crippen LogP contribution is 1.71. The second-order valence-corrected chi connectivity index (χ2v) is 1.26. The third-order valence-electron chi connectivity index (χ3n) is 0.599. The van der Waals surface area contributed by atoms with Crippen molar-refractivity contribution in [2.24, 2.45) is 0 Å². The van der Waals surface area contributed by atoms with Gasteiger partial charge in [-0.3, -0.25) is 0 Å². The van der Waals surface area contributed by atoms with Crippen LogP contribution in [-0.4, -0.2) is 0 Å². The van der Waals surface area contributed by atoms with E-state index in [1.807, 2.05) is 25.2 Å². The Morgan fingerprint density at radius 1 is 1.38 bits per heavy atom. The molecule has 42 valence electrons. The minimum Gasteiger partial charge on any atom is -0.121 e. The molecule has 0 saturated heterocycles. The number of hydrogen-bond donors (Lipinski definition) is 0. The molecule has 0 heterocycles. The summed E-state index contributed by atoms with van der Waals surface area (Å²) in [5, 5.41) is 0. The van der Waals surface area contributed by atoms with Crippen molar-refractivity contribution in [1.82, 2.24) is 0 Å². The van der Waals surface area contributed by atoms with Crippen LogP contribution in [0.4, 0.5) is 0 Å². The highest BCUT2D eigenvalue weighted by molar-refractivity contribution is 5.05. The molecule has 0 fully saturated rings. The van der Waals surface area contributed by atoms with Crippen molar-refractivity contribution in [3.63, 3.8) is 0 Å². The fraction of sp³-hybridized carbons (Fsp3) is 0.125. The Balaban J connectivity index is 3.63. The van der Waals surface area contributed by atoms with Crippen molar-refractivity contribution >= 4 is 0 Å². The molecule has 0 radical (unpaired) electrons. The number of hydrogen-bond acceptors (Lipinski definition) is 0. The topological polar surface area (TPSA) is 0 Å². The minimum atomic E-state index is 1.69. The molecule has 0 heteroatoms. The quantitative estimate of drug-likeness (QED) is 0.374. The normalized spacial score (nSPS) is 8.12. The summed E-state index contributed by atoms with van der Waals surface area (Å²) in [6.45, 7) is 5.46. The maximum absolute atomic E-state index is 3.50. The lowest BCUT2D eigenvalue weighted by atomic mass is 10.5. The molecule has 0 aliphatic carbocycles. The van der Waals surface area contributed by atoms with Crippen LogP contribution in [0.25, 0.3) is 0 Å². The van der Waals surface area contributed by atoms with Crippen LogP contribution in [0.3, 0.4) is 0 Å². The van der Waals surface area contributed by atoms with Crippen molar-refractivity contribution in [3.8, 4) is 0 Å². The van der Waals surface area contributed by atoms with E-state index in [9.17, 15) is 0 Å². The Hall–Kier alpha value is -1.00. The van der Waals surface area contributed by atoms with Gasteiger partial charge in [0, 0.05) is 0 Å². The summed E-state index contributed by atoms with van der Waals surface area (Å²) in [6, 6.07) is 0. The van der Waals surface area contributed by atoms with Gasteiger partial charge >= 0.3 is 0 Å². The van der Waals surface area contributed by atoms with Gasteiger partial charge in [-0.1, -0.05) is 24.8 Å². The average Bonchev–Trinajstić information content (AvgIpc) is 1.81. The molecular weight excluding hydrogens is 96.1 g/mol. The van der Waals surface area contributed by atoms with Crippen molar-refractivity contribution in [1.29, 1.82) is 0 Å². The van der Waals surface area contributed by atoms with Crippen LogP contribution in [-0.2, 0) is 0 Å². The van der Waals surface area contributed by atoms with E-state index in [1.165, 1.54) is 0 Å². The summed E-state index contributed by atoms with van der Waals surface area (Å²) in [5.74, 6) is 0. The van der Waals surface area contributed by atoms with Gasteiger partial charge in [0.15, 0.2) is 0 Å². The van der Waals surface area contributed by atoms with E-state index < -0.39 is 0 Å². The molecule has 0 aliphatic rings. The van der Waals surface area contributed by atoms with E-state index >= 15 is 0 Å². The van der Waals surface area contributed by atoms with Gasteiger partial charge in [-0.05, 0) is 19.1 Å². The predicted molar refractivity (Wildman–Crippen MR) is 37.7 cm³/mol. The number of rotatable bonds is 2. The third-order valence-corrected chi connectivity index (χ3v) is 0.599. The molecule has 0 nitrogen and oxygen atoms in total. The third kappa shape index (κ3) is 5.00. The van der Waals surface area contributed by atoms with Gasteiger partial charge in [0.1, 0.15) is 0 Å². The minimum absolute atomic E-state index is 1.69. The van der Waals surface area contributed by atoms with E-state index in [0.29, 0.717) is 0 Å². The van der Waals surface area contributed by atoms with Crippen LogP contribution in [0, 0.1) is 0 Å². The maximum Gasteiger partial charge on any atom is -0.0203 e. The number of allylic oxidation sites excluding steroid dienone is 4. The Bertz CT molecular complexity index is 132. The van der Waals surface area contributed by atoms with E-state index in [0.717, 1.165) is 0 Å². The van der Waals surface area contributed by atoms with Gasteiger partial charge in [-0.25, -0.2) is 0 Å². The lowest BCUT2D eigenvalue weighted by molar-refractivity contribution is 1.74. The first-order chi connectivity index (χ1) is 3.91. The van der Waals surface area contributed by atoms with Gasteiger partial charge in [0.25, 0.3) is 0 Å². The molecule has 0 aromatic carbocycles. The molecule has 0 rings (SSSR count). The van der Waals surface area contributed by atoms with E-state index in [2.05, 4.69) is 12.3 Å². The summed E-state index contributed by atoms with van der Waals surface area (Å²) in [5.41, 5.74) is 2.88. The Morgan fingerprint density at radius 2 is 2.12 bits per heavy atom. The summed E-state index contributed by atoms with van der Waals surface area (Å²) in [7, 11) is 0. The zero-order chi connectivity index (χ0) is 6.24. The highest BCUT2D eigenvalue weighted by Gasteiger charge is 1.50. The van der Waals surface area contributed by atoms with Crippen LogP contribution >= 0.6 is 0 Å². The van der Waals surface area contributed by atoms with Gasteiger partial charge in [-0.15, -0.1) is 5.73 Å². The molecule has 0 saturated carbocycles. The molecule has 8 heavy (non-hydrogen) atoms. The second kappa shape index (κ2) is 6.00. The van der Waals surface area contributed by atoms with Crippen molar-refractivity contribution in [3.05, 3.63) is 42.7 Å². The Morgan fingerprint density at radius 3 is 2.62 bits per heavy atom. The monoisotopic (exact) mass is 106 g/mol. The van der Waals surface area contributed by atoms with Gasteiger partial charge in [0.2, 0.25) is 0 Å². The molecule has 0 aromatic heterocycles. The standard InChI is InChI=1S/C8H10/c1-3-5-7-8-6-4-2/h3-6,8H,1H2,2H3/b6-4-. The fourth-order valence-corrected chi connectivity index (χ4v) is 0.275. The van der Waals surface area contributed by atoms with Crippen LogP contribution < -0.4 is 0 Å². The molecule has 0 amide bonds. The highest BCUT2D eigenvalue weighted by atomic mass is 13.6. The van der Waals surface area contributed by atoms with Crippen molar-refractivity contribution in [2.75, 3.05) is 0 Å². The van der Waals surface area contributed by atoms with Crippen LogP contribution in [0.2, 0.25) is 0 Å².